The number of hydrogen-bond donors (Lipinski definition) is 1. The first-order valence-electron chi connectivity index (χ1n) is 3.81. The summed E-state index contributed by atoms with van der Waals surface area (Å²) in [6.45, 7) is 3.17. The van der Waals surface area contributed by atoms with Crippen LogP contribution in [0.2, 0.25) is 0 Å². The first-order valence-corrected chi connectivity index (χ1v) is 5.46. The van der Waals surface area contributed by atoms with Gasteiger partial charge in [-0.05, 0) is 14.0 Å². The Hall–Kier alpha value is -0.230. The van der Waals surface area contributed by atoms with E-state index in [4.69, 9.17) is 0 Å². The molecule has 0 aliphatic rings. The van der Waals surface area contributed by atoms with Crippen molar-refractivity contribution in [3.05, 3.63) is 0 Å². The van der Waals surface area contributed by atoms with Crippen LogP contribution in [0.1, 0.15) is 20.8 Å². The zero-order valence-corrected chi connectivity index (χ0v) is 9.00. The highest BCUT2D eigenvalue weighted by atomic mass is 32.2. The van der Waals surface area contributed by atoms with Crippen LogP contribution in [-0.4, -0.2) is 27.1 Å². The van der Waals surface area contributed by atoms with Crippen molar-refractivity contribution in [2.24, 2.45) is 5.41 Å². The molecule has 0 aromatic heterocycles. The van der Waals surface area contributed by atoms with Crippen LogP contribution < -0.4 is 4.72 Å². The quantitative estimate of drug-likeness (QED) is 0.766. The van der Waals surface area contributed by atoms with Crippen molar-refractivity contribution < 1.29 is 17.2 Å². The molecular weight excluding hydrogens is 200 g/mol. The first kappa shape index (κ1) is 12.8. The van der Waals surface area contributed by atoms with Gasteiger partial charge in [0.1, 0.15) is 0 Å². The van der Waals surface area contributed by atoms with E-state index in [1.807, 2.05) is 4.72 Å². The highest BCUT2D eigenvalue weighted by Gasteiger charge is 2.44. The minimum absolute atomic E-state index is 0.583. The molecule has 0 amide bonds. The highest BCUT2D eigenvalue weighted by Crippen LogP contribution is 2.36. The molecule has 0 spiro atoms. The Bertz CT molecular complexity index is 267. The summed E-state index contributed by atoms with van der Waals surface area (Å²) >= 11 is 0. The van der Waals surface area contributed by atoms with Crippen molar-refractivity contribution in [3.8, 4) is 0 Å². The summed E-state index contributed by atoms with van der Waals surface area (Å²) in [4.78, 5) is 0. The summed E-state index contributed by atoms with van der Waals surface area (Å²) in [6, 6.07) is 0. The average Bonchev–Trinajstić information content (AvgIpc) is 1.83. The van der Waals surface area contributed by atoms with Gasteiger partial charge in [0.25, 0.3) is 5.92 Å². The lowest BCUT2D eigenvalue weighted by Crippen LogP contribution is -2.42. The van der Waals surface area contributed by atoms with Gasteiger partial charge in [0, 0.05) is 5.41 Å². The fraction of sp³-hybridized carbons (Fsp3) is 1.00. The van der Waals surface area contributed by atoms with Crippen molar-refractivity contribution in [1.29, 1.82) is 0 Å². The normalized spacial score (nSPS) is 14.6. The van der Waals surface area contributed by atoms with E-state index in [9.17, 15) is 17.2 Å². The Balaban J connectivity index is 4.72. The molecule has 0 heterocycles. The predicted molar refractivity (Wildman–Crippen MR) is 47.2 cm³/mol. The molecule has 0 aromatic rings. The van der Waals surface area contributed by atoms with Gasteiger partial charge < -0.3 is 0 Å². The number of sulfonamides is 1. The molecule has 0 radical (unpaired) electrons. The van der Waals surface area contributed by atoms with E-state index in [0.717, 1.165) is 6.92 Å². The van der Waals surface area contributed by atoms with Crippen molar-refractivity contribution in [3.63, 3.8) is 0 Å². The molecule has 3 nitrogen and oxygen atoms in total. The lowest BCUT2D eigenvalue weighted by atomic mass is 9.89. The molecule has 0 unspecified atom stereocenters. The molecule has 1 N–H and O–H groups in total. The van der Waals surface area contributed by atoms with Gasteiger partial charge in [-0.15, -0.1) is 0 Å². The third-order valence-electron chi connectivity index (χ3n) is 2.05. The van der Waals surface area contributed by atoms with Crippen LogP contribution in [-0.2, 0) is 10.0 Å². The molecule has 0 rings (SSSR count). The topological polar surface area (TPSA) is 46.2 Å². The highest BCUT2D eigenvalue weighted by molar-refractivity contribution is 7.89. The van der Waals surface area contributed by atoms with Crippen LogP contribution in [0, 0.1) is 5.41 Å². The summed E-state index contributed by atoms with van der Waals surface area (Å²) in [5.74, 6) is -3.60. The monoisotopic (exact) mass is 215 g/mol. The van der Waals surface area contributed by atoms with E-state index in [-0.39, 0.29) is 0 Å². The van der Waals surface area contributed by atoms with Gasteiger partial charge in [-0.2, -0.15) is 0 Å². The molecule has 0 aliphatic carbocycles. The summed E-state index contributed by atoms with van der Waals surface area (Å²) < 4.78 is 49.8. The lowest BCUT2D eigenvalue weighted by Gasteiger charge is -2.30. The van der Waals surface area contributed by atoms with Gasteiger partial charge in [0.05, 0.1) is 5.75 Å². The van der Waals surface area contributed by atoms with E-state index in [1.54, 1.807) is 0 Å². The zero-order chi connectivity index (χ0) is 10.9. The van der Waals surface area contributed by atoms with Crippen LogP contribution in [0.5, 0.6) is 0 Å². The van der Waals surface area contributed by atoms with Crippen molar-refractivity contribution >= 4 is 10.0 Å². The number of hydrogen-bond acceptors (Lipinski definition) is 2. The summed E-state index contributed by atoms with van der Waals surface area (Å²) in [6.07, 6.45) is 0. The first-order chi connectivity index (χ1) is 5.52. The predicted octanol–water partition coefficient (Wildman–Crippen LogP) is 1.22. The molecule has 80 valence electrons. The van der Waals surface area contributed by atoms with Crippen LogP contribution in [0.15, 0.2) is 0 Å². The maximum atomic E-state index is 12.9. The average molecular weight is 215 g/mol. The lowest BCUT2D eigenvalue weighted by molar-refractivity contribution is -0.0768. The van der Waals surface area contributed by atoms with E-state index >= 15 is 0 Å². The molecule has 0 saturated heterocycles. The molecule has 6 heteroatoms. The second-order valence-corrected chi connectivity index (χ2v) is 5.66. The van der Waals surface area contributed by atoms with Crippen molar-refractivity contribution in [2.75, 3.05) is 12.8 Å². The van der Waals surface area contributed by atoms with Gasteiger partial charge in [-0.25, -0.2) is 21.9 Å². The van der Waals surface area contributed by atoms with E-state index in [2.05, 4.69) is 0 Å². The Labute approximate surface area is 77.6 Å². The molecule has 0 atom stereocenters. The van der Waals surface area contributed by atoms with Crippen LogP contribution in [0.3, 0.4) is 0 Å². The van der Waals surface area contributed by atoms with Gasteiger partial charge >= 0.3 is 0 Å². The minimum Gasteiger partial charge on any atom is -0.218 e. The fourth-order valence-electron chi connectivity index (χ4n) is 0.674. The fourth-order valence-corrected chi connectivity index (χ4v) is 2.02. The molecule has 0 aromatic carbocycles. The standard InChI is InChI=1S/C7H15F2NO2S/c1-6(2,7(3,8)9)5-13(11,12)10-4/h10H,5H2,1-4H3. The SMILES string of the molecule is CNS(=O)(=O)CC(C)(C)C(C)(F)F. The van der Waals surface area contributed by atoms with Crippen LogP contribution in [0.4, 0.5) is 8.78 Å². The van der Waals surface area contributed by atoms with Gasteiger partial charge in [0.15, 0.2) is 0 Å². The molecule has 13 heavy (non-hydrogen) atoms. The Morgan fingerprint density at radius 2 is 1.62 bits per heavy atom. The Morgan fingerprint density at radius 3 is 1.85 bits per heavy atom. The van der Waals surface area contributed by atoms with Crippen molar-refractivity contribution in [2.45, 2.75) is 26.7 Å². The molecule has 0 bridgehead atoms. The largest absolute Gasteiger partial charge is 0.251 e. The third kappa shape index (κ3) is 3.56. The third-order valence-corrected chi connectivity index (χ3v) is 3.77. The second kappa shape index (κ2) is 3.49. The molecule has 0 saturated carbocycles. The summed E-state index contributed by atoms with van der Waals surface area (Å²) in [5, 5.41) is 0. The second-order valence-electron chi connectivity index (χ2n) is 3.74. The van der Waals surface area contributed by atoms with E-state index in [1.165, 1.54) is 20.9 Å². The van der Waals surface area contributed by atoms with Crippen LogP contribution in [0.25, 0.3) is 0 Å². The molecular formula is C7H15F2NO2S. The Kier molecular flexibility index (Phi) is 3.43. The summed E-state index contributed by atoms with van der Waals surface area (Å²) in [5.41, 5.74) is -1.56. The van der Waals surface area contributed by atoms with Crippen LogP contribution >= 0.6 is 0 Å². The maximum absolute atomic E-state index is 12.9. The number of alkyl halides is 2. The molecule has 0 aliphatic heterocycles. The Morgan fingerprint density at radius 1 is 1.23 bits per heavy atom. The van der Waals surface area contributed by atoms with Gasteiger partial charge in [-0.1, -0.05) is 13.8 Å². The number of nitrogens with one attached hydrogen (secondary N) is 1. The maximum Gasteiger partial charge on any atom is 0.251 e. The summed E-state index contributed by atoms with van der Waals surface area (Å²) in [7, 11) is -2.38. The molecule has 0 fully saturated rings. The van der Waals surface area contributed by atoms with Crippen molar-refractivity contribution in [1.82, 2.24) is 4.72 Å². The smallest absolute Gasteiger partial charge is 0.218 e. The zero-order valence-electron chi connectivity index (χ0n) is 8.19. The minimum atomic E-state index is -3.59. The number of halogens is 2. The van der Waals surface area contributed by atoms with Gasteiger partial charge in [-0.3, -0.25) is 0 Å². The van der Waals surface area contributed by atoms with Gasteiger partial charge in [0.2, 0.25) is 10.0 Å². The number of rotatable bonds is 4. The van der Waals surface area contributed by atoms with E-state index < -0.39 is 27.1 Å². The van der Waals surface area contributed by atoms with E-state index in [0.29, 0.717) is 0 Å².